The van der Waals surface area contributed by atoms with Gasteiger partial charge >= 0.3 is 0 Å². The van der Waals surface area contributed by atoms with Crippen LogP contribution in [0.5, 0.6) is 0 Å². The number of aromatic nitrogens is 2. The quantitative estimate of drug-likeness (QED) is 0.717. The molecule has 0 radical (unpaired) electrons. The van der Waals surface area contributed by atoms with Crippen molar-refractivity contribution < 1.29 is 4.39 Å². The average Bonchev–Trinajstić information content (AvgIpc) is 2.67. The second-order valence-electron chi connectivity index (χ2n) is 3.82. The van der Waals surface area contributed by atoms with E-state index in [1.54, 1.807) is 12.4 Å². The molecule has 1 aromatic rings. The third-order valence-electron chi connectivity index (χ3n) is 2.55. The van der Waals surface area contributed by atoms with Gasteiger partial charge in [-0.3, -0.25) is 4.39 Å². The van der Waals surface area contributed by atoms with E-state index in [1.165, 1.54) is 0 Å². The molecule has 2 rings (SSSR count). The van der Waals surface area contributed by atoms with Crippen molar-refractivity contribution in [1.82, 2.24) is 9.97 Å². The first-order chi connectivity index (χ1) is 6.79. The van der Waals surface area contributed by atoms with Gasteiger partial charge in [-0.1, -0.05) is 0 Å². The van der Waals surface area contributed by atoms with Crippen molar-refractivity contribution in [3.63, 3.8) is 0 Å². The number of hydrogen-bond acceptors (Lipinski definition) is 3. The van der Waals surface area contributed by atoms with E-state index in [2.05, 4.69) is 9.97 Å². The molecule has 1 aliphatic heterocycles. The summed E-state index contributed by atoms with van der Waals surface area (Å²) in [4.78, 5) is 10.5. The first-order valence-electron chi connectivity index (χ1n) is 4.89. The van der Waals surface area contributed by atoms with Gasteiger partial charge < -0.3 is 4.90 Å². The van der Waals surface area contributed by atoms with E-state index in [0.717, 1.165) is 31.0 Å². The van der Waals surface area contributed by atoms with Gasteiger partial charge in [0.05, 0.1) is 6.67 Å². The van der Waals surface area contributed by atoms with Crippen molar-refractivity contribution >= 4 is 5.95 Å². The Balaban J connectivity index is 2.06. The Morgan fingerprint density at radius 1 is 1.50 bits per heavy atom. The zero-order valence-electron chi connectivity index (χ0n) is 8.28. The van der Waals surface area contributed by atoms with E-state index in [-0.39, 0.29) is 12.6 Å². The first kappa shape index (κ1) is 9.37. The monoisotopic (exact) mass is 195 g/mol. The molecule has 4 heteroatoms. The van der Waals surface area contributed by atoms with Crippen LogP contribution in [0.4, 0.5) is 10.3 Å². The van der Waals surface area contributed by atoms with Crippen LogP contribution in [-0.2, 0) is 0 Å². The lowest BCUT2D eigenvalue weighted by molar-refractivity contribution is 0.384. The van der Waals surface area contributed by atoms with E-state index >= 15 is 0 Å². The van der Waals surface area contributed by atoms with Gasteiger partial charge in [-0.2, -0.15) is 0 Å². The molecular formula is C10H14FN3. The second kappa shape index (κ2) is 3.90. The maximum atomic E-state index is 12.4. The topological polar surface area (TPSA) is 29.0 Å². The Kier molecular flexibility index (Phi) is 2.61. The summed E-state index contributed by atoms with van der Waals surface area (Å²) < 4.78 is 12.4. The van der Waals surface area contributed by atoms with Crippen molar-refractivity contribution in [3.8, 4) is 0 Å². The predicted molar refractivity (Wildman–Crippen MR) is 53.1 cm³/mol. The van der Waals surface area contributed by atoms with E-state index in [4.69, 9.17) is 0 Å². The summed E-state index contributed by atoms with van der Waals surface area (Å²) >= 11 is 0. The fraction of sp³-hybridized carbons (Fsp3) is 0.600. The summed E-state index contributed by atoms with van der Waals surface area (Å²) in [6.07, 6.45) is 4.50. The smallest absolute Gasteiger partial charge is 0.225 e. The highest BCUT2D eigenvalue weighted by molar-refractivity contribution is 5.31. The first-order valence-corrected chi connectivity index (χ1v) is 4.89. The third kappa shape index (κ3) is 1.84. The van der Waals surface area contributed by atoms with Crippen LogP contribution >= 0.6 is 0 Å². The highest BCUT2D eigenvalue weighted by atomic mass is 19.1. The molecule has 1 aliphatic rings. The van der Waals surface area contributed by atoms with Crippen LogP contribution in [0.25, 0.3) is 0 Å². The standard InChI is InChI=1S/C10H14FN3/c1-8-5-12-10(13-6-8)14-3-2-9(4-11)7-14/h5-6,9H,2-4,7H2,1H3. The van der Waals surface area contributed by atoms with Gasteiger partial charge in [-0.15, -0.1) is 0 Å². The fourth-order valence-corrected chi connectivity index (χ4v) is 1.69. The van der Waals surface area contributed by atoms with Gasteiger partial charge in [-0.25, -0.2) is 9.97 Å². The van der Waals surface area contributed by atoms with Crippen molar-refractivity contribution in [2.24, 2.45) is 5.92 Å². The van der Waals surface area contributed by atoms with Gasteiger partial charge in [0.15, 0.2) is 0 Å². The lowest BCUT2D eigenvalue weighted by atomic mass is 10.1. The lowest BCUT2D eigenvalue weighted by Crippen LogP contribution is -2.22. The molecule has 0 N–H and O–H groups in total. The molecule has 76 valence electrons. The Bertz CT molecular complexity index is 299. The lowest BCUT2D eigenvalue weighted by Gasteiger charge is -2.15. The van der Waals surface area contributed by atoms with Crippen LogP contribution in [0.15, 0.2) is 12.4 Å². The molecule has 0 aliphatic carbocycles. The van der Waals surface area contributed by atoms with E-state index < -0.39 is 0 Å². The zero-order chi connectivity index (χ0) is 9.97. The normalized spacial score (nSPS) is 21.6. The second-order valence-corrected chi connectivity index (χ2v) is 3.82. The molecule has 3 nitrogen and oxygen atoms in total. The highest BCUT2D eigenvalue weighted by Crippen LogP contribution is 2.20. The minimum Gasteiger partial charge on any atom is -0.340 e. The van der Waals surface area contributed by atoms with Crippen LogP contribution < -0.4 is 4.90 Å². The molecule has 2 heterocycles. The molecular weight excluding hydrogens is 181 g/mol. The molecule has 1 aromatic heterocycles. The van der Waals surface area contributed by atoms with Crippen LogP contribution in [0.2, 0.25) is 0 Å². The summed E-state index contributed by atoms with van der Waals surface area (Å²) in [7, 11) is 0. The molecule has 1 saturated heterocycles. The van der Waals surface area contributed by atoms with Crippen molar-refractivity contribution in [2.45, 2.75) is 13.3 Å². The van der Waals surface area contributed by atoms with E-state index in [0.29, 0.717) is 0 Å². The summed E-state index contributed by atoms with van der Waals surface area (Å²) in [6, 6.07) is 0. The van der Waals surface area contributed by atoms with Gasteiger partial charge in [0.1, 0.15) is 0 Å². The van der Waals surface area contributed by atoms with Gasteiger partial charge in [0, 0.05) is 31.4 Å². The minimum absolute atomic E-state index is 0.167. The Hall–Kier alpha value is -1.19. The number of halogens is 1. The maximum Gasteiger partial charge on any atom is 0.225 e. The molecule has 0 saturated carbocycles. The van der Waals surface area contributed by atoms with Crippen LogP contribution in [0, 0.1) is 12.8 Å². The largest absolute Gasteiger partial charge is 0.340 e. The summed E-state index contributed by atoms with van der Waals surface area (Å²) in [6.45, 7) is 3.34. The molecule has 0 amide bonds. The van der Waals surface area contributed by atoms with Crippen LogP contribution in [0.1, 0.15) is 12.0 Å². The molecule has 1 atom stereocenters. The van der Waals surface area contributed by atoms with Crippen molar-refractivity contribution in [2.75, 3.05) is 24.7 Å². The van der Waals surface area contributed by atoms with Crippen LogP contribution in [-0.4, -0.2) is 29.7 Å². The summed E-state index contributed by atoms with van der Waals surface area (Å²) in [5.74, 6) is 0.895. The fourth-order valence-electron chi connectivity index (χ4n) is 1.69. The zero-order valence-corrected chi connectivity index (χ0v) is 8.28. The van der Waals surface area contributed by atoms with Gasteiger partial charge in [-0.05, 0) is 18.9 Å². The number of anilines is 1. The highest BCUT2D eigenvalue weighted by Gasteiger charge is 2.23. The number of rotatable bonds is 2. The molecule has 1 fully saturated rings. The number of aryl methyl sites for hydroxylation is 1. The average molecular weight is 195 g/mol. The van der Waals surface area contributed by atoms with Crippen molar-refractivity contribution in [1.29, 1.82) is 0 Å². The molecule has 0 bridgehead atoms. The number of alkyl halides is 1. The Morgan fingerprint density at radius 2 is 2.21 bits per heavy atom. The minimum atomic E-state index is -0.234. The van der Waals surface area contributed by atoms with Crippen LogP contribution in [0.3, 0.4) is 0 Å². The number of hydrogen-bond donors (Lipinski definition) is 0. The van der Waals surface area contributed by atoms with Gasteiger partial charge in [0.2, 0.25) is 5.95 Å². The molecule has 0 spiro atoms. The van der Waals surface area contributed by atoms with E-state index in [9.17, 15) is 4.39 Å². The Morgan fingerprint density at radius 3 is 2.79 bits per heavy atom. The van der Waals surface area contributed by atoms with Crippen molar-refractivity contribution in [3.05, 3.63) is 18.0 Å². The molecule has 0 aromatic carbocycles. The van der Waals surface area contributed by atoms with E-state index in [1.807, 2.05) is 11.8 Å². The molecule has 14 heavy (non-hydrogen) atoms. The number of nitrogens with zero attached hydrogens (tertiary/aromatic N) is 3. The molecule has 1 unspecified atom stereocenters. The Labute approximate surface area is 83.0 Å². The SMILES string of the molecule is Cc1cnc(N2CCC(CF)C2)nc1. The summed E-state index contributed by atoms with van der Waals surface area (Å²) in [5, 5.41) is 0. The maximum absolute atomic E-state index is 12.4. The summed E-state index contributed by atoms with van der Waals surface area (Å²) in [5.41, 5.74) is 1.05. The van der Waals surface area contributed by atoms with Gasteiger partial charge in [0.25, 0.3) is 0 Å². The predicted octanol–water partition coefficient (Wildman–Crippen LogP) is 1.58. The third-order valence-corrected chi connectivity index (χ3v) is 2.55.